The third-order valence-electron chi connectivity index (χ3n) is 2.32. The molecule has 0 aliphatic carbocycles. The highest BCUT2D eigenvalue weighted by atomic mass is 32.2. The Hall–Kier alpha value is -0.670. The normalized spacial score (nSPS) is 10.9. The molecule has 0 saturated carbocycles. The Morgan fingerprint density at radius 1 is 1.27 bits per heavy atom. The molecule has 84 valence electrons. The molecule has 0 bridgehead atoms. The lowest BCUT2D eigenvalue weighted by atomic mass is 10.2. The average Bonchev–Trinajstić information content (AvgIpc) is 2.22. The molecule has 0 aromatic heterocycles. The van der Waals surface area contributed by atoms with Gasteiger partial charge in [0.05, 0.1) is 0 Å². The first-order valence-corrected chi connectivity index (χ1v) is 6.63. The molecule has 0 radical (unpaired) electrons. The van der Waals surface area contributed by atoms with Gasteiger partial charge >= 0.3 is 0 Å². The Balaban J connectivity index is 2.31. The SMILES string of the molecule is CSCCCN(C)Cc1ccc(N)cc1. The largest absolute Gasteiger partial charge is 0.399 e. The van der Waals surface area contributed by atoms with Crippen molar-refractivity contribution in [1.29, 1.82) is 0 Å². The summed E-state index contributed by atoms with van der Waals surface area (Å²) in [6.07, 6.45) is 3.41. The van der Waals surface area contributed by atoms with Crippen LogP contribution in [0, 0.1) is 0 Å². The Morgan fingerprint density at radius 3 is 2.53 bits per heavy atom. The third kappa shape index (κ3) is 5.09. The Morgan fingerprint density at radius 2 is 1.93 bits per heavy atom. The summed E-state index contributed by atoms with van der Waals surface area (Å²) < 4.78 is 0. The number of thioether (sulfide) groups is 1. The van der Waals surface area contributed by atoms with Crippen molar-refractivity contribution in [2.24, 2.45) is 0 Å². The number of nitrogens with two attached hydrogens (primary N) is 1. The number of nitrogen functional groups attached to an aromatic ring is 1. The first-order valence-electron chi connectivity index (χ1n) is 5.24. The van der Waals surface area contributed by atoms with E-state index >= 15 is 0 Å². The van der Waals surface area contributed by atoms with Crippen molar-refractivity contribution < 1.29 is 0 Å². The Bertz CT molecular complexity index is 271. The minimum Gasteiger partial charge on any atom is -0.399 e. The predicted molar refractivity (Wildman–Crippen MR) is 70.2 cm³/mol. The van der Waals surface area contributed by atoms with Crippen LogP contribution in [-0.4, -0.2) is 30.5 Å². The molecule has 1 aromatic carbocycles. The molecule has 0 unspecified atom stereocenters. The molecular formula is C12H20N2S. The first kappa shape index (κ1) is 12.4. The van der Waals surface area contributed by atoms with Crippen molar-refractivity contribution in [3.63, 3.8) is 0 Å². The molecule has 1 aromatic rings. The minimum absolute atomic E-state index is 0.837. The molecule has 0 fully saturated rings. The summed E-state index contributed by atoms with van der Waals surface area (Å²) in [5.41, 5.74) is 7.81. The number of anilines is 1. The van der Waals surface area contributed by atoms with Crippen LogP contribution in [0.15, 0.2) is 24.3 Å². The van der Waals surface area contributed by atoms with Gasteiger partial charge < -0.3 is 10.6 Å². The molecule has 1 rings (SSSR count). The number of hydrogen-bond acceptors (Lipinski definition) is 3. The summed E-state index contributed by atoms with van der Waals surface area (Å²) in [5.74, 6) is 1.24. The van der Waals surface area contributed by atoms with Crippen molar-refractivity contribution in [3.8, 4) is 0 Å². The molecule has 2 nitrogen and oxygen atoms in total. The van der Waals surface area contributed by atoms with E-state index in [1.807, 2.05) is 23.9 Å². The van der Waals surface area contributed by atoms with Gasteiger partial charge in [0.25, 0.3) is 0 Å². The van der Waals surface area contributed by atoms with E-state index < -0.39 is 0 Å². The number of benzene rings is 1. The number of nitrogens with zero attached hydrogens (tertiary/aromatic N) is 1. The molecule has 3 heteroatoms. The number of hydrogen-bond donors (Lipinski definition) is 1. The zero-order valence-electron chi connectivity index (χ0n) is 9.57. The van der Waals surface area contributed by atoms with Gasteiger partial charge in [0, 0.05) is 12.2 Å². The average molecular weight is 224 g/mol. The van der Waals surface area contributed by atoms with E-state index in [0.717, 1.165) is 18.8 Å². The Kier molecular flexibility index (Phi) is 5.58. The quantitative estimate of drug-likeness (QED) is 0.594. The van der Waals surface area contributed by atoms with Gasteiger partial charge in [-0.1, -0.05) is 12.1 Å². The van der Waals surface area contributed by atoms with Crippen molar-refractivity contribution in [3.05, 3.63) is 29.8 Å². The van der Waals surface area contributed by atoms with Gasteiger partial charge in [-0.15, -0.1) is 0 Å². The highest BCUT2D eigenvalue weighted by Gasteiger charge is 1.99. The van der Waals surface area contributed by atoms with E-state index in [0.29, 0.717) is 0 Å². The molecule has 0 heterocycles. The van der Waals surface area contributed by atoms with Crippen LogP contribution in [0.3, 0.4) is 0 Å². The van der Waals surface area contributed by atoms with Crippen LogP contribution in [0.5, 0.6) is 0 Å². The van der Waals surface area contributed by atoms with Gasteiger partial charge in [-0.05, 0) is 49.7 Å². The fourth-order valence-electron chi connectivity index (χ4n) is 1.49. The van der Waals surface area contributed by atoms with Gasteiger partial charge in [-0.2, -0.15) is 11.8 Å². The second kappa shape index (κ2) is 6.75. The van der Waals surface area contributed by atoms with Gasteiger partial charge in [-0.25, -0.2) is 0 Å². The maximum absolute atomic E-state index is 5.64. The van der Waals surface area contributed by atoms with Crippen LogP contribution in [0.2, 0.25) is 0 Å². The topological polar surface area (TPSA) is 29.3 Å². The fourth-order valence-corrected chi connectivity index (χ4v) is 1.91. The van der Waals surface area contributed by atoms with Crippen LogP contribution >= 0.6 is 11.8 Å². The molecule has 0 saturated heterocycles. The summed E-state index contributed by atoms with van der Waals surface area (Å²) >= 11 is 1.91. The van der Waals surface area contributed by atoms with E-state index in [1.54, 1.807) is 0 Å². The summed E-state index contributed by atoms with van der Waals surface area (Å²) in [6, 6.07) is 8.12. The molecule has 0 spiro atoms. The lowest BCUT2D eigenvalue weighted by molar-refractivity contribution is 0.328. The van der Waals surface area contributed by atoms with Gasteiger partial charge in [0.15, 0.2) is 0 Å². The molecule has 0 aliphatic rings. The van der Waals surface area contributed by atoms with Crippen LogP contribution in [0.25, 0.3) is 0 Å². The smallest absolute Gasteiger partial charge is 0.0314 e. The number of rotatable bonds is 6. The van der Waals surface area contributed by atoms with Crippen molar-refractivity contribution in [2.45, 2.75) is 13.0 Å². The van der Waals surface area contributed by atoms with Crippen LogP contribution in [-0.2, 0) is 6.54 Å². The zero-order valence-corrected chi connectivity index (χ0v) is 10.4. The van der Waals surface area contributed by atoms with Crippen LogP contribution < -0.4 is 5.73 Å². The lowest BCUT2D eigenvalue weighted by Gasteiger charge is -2.16. The summed E-state index contributed by atoms with van der Waals surface area (Å²) in [6.45, 7) is 2.17. The molecule has 2 N–H and O–H groups in total. The molecular weight excluding hydrogens is 204 g/mol. The third-order valence-corrected chi connectivity index (χ3v) is 3.02. The highest BCUT2D eigenvalue weighted by molar-refractivity contribution is 7.98. The summed E-state index contributed by atoms with van der Waals surface area (Å²) in [5, 5.41) is 0. The van der Waals surface area contributed by atoms with E-state index in [-0.39, 0.29) is 0 Å². The maximum atomic E-state index is 5.64. The van der Waals surface area contributed by atoms with Crippen molar-refractivity contribution in [2.75, 3.05) is 31.3 Å². The first-order chi connectivity index (χ1) is 7.22. The van der Waals surface area contributed by atoms with Gasteiger partial charge in [0.2, 0.25) is 0 Å². The molecule has 0 amide bonds. The molecule has 0 aliphatic heterocycles. The minimum atomic E-state index is 0.837. The second-order valence-electron chi connectivity index (χ2n) is 3.83. The van der Waals surface area contributed by atoms with E-state index in [9.17, 15) is 0 Å². The van der Waals surface area contributed by atoms with Crippen molar-refractivity contribution >= 4 is 17.4 Å². The predicted octanol–water partition coefficient (Wildman–Crippen LogP) is 2.45. The molecule has 0 atom stereocenters. The lowest BCUT2D eigenvalue weighted by Crippen LogP contribution is -2.19. The second-order valence-corrected chi connectivity index (χ2v) is 4.81. The van der Waals surface area contributed by atoms with Crippen LogP contribution in [0.1, 0.15) is 12.0 Å². The van der Waals surface area contributed by atoms with E-state index in [4.69, 9.17) is 5.73 Å². The summed E-state index contributed by atoms with van der Waals surface area (Å²) in [7, 11) is 2.16. The van der Waals surface area contributed by atoms with Crippen LogP contribution in [0.4, 0.5) is 5.69 Å². The standard InChI is InChI=1S/C12H20N2S/c1-14(8-3-9-15-2)10-11-4-6-12(13)7-5-11/h4-7H,3,8-10,13H2,1-2H3. The highest BCUT2D eigenvalue weighted by Crippen LogP contribution is 2.08. The monoisotopic (exact) mass is 224 g/mol. The summed E-state index contributed by atoms with van der Waals surface area (Å²) in [4.78, 5) is 2.35. The maximum Gasteiger partial charge on any atom is 0.0314 e. The Labute approximate surface area is 96.8 Å². The van der Waals surface area contributed by atoms with Gasteiger partial charge in [-0.3, -0.25) is 0 Å². The van der Waals surface area contributed by atoms with E-state index in [2.05, 4.69) is 30.3 Å². The van der Waals surface area contributed by atoms with Gasteiger partial charge in [0.1, 0.15) is 0 Å². The molecule has 15 heavy (non-hydrogen) atoms. The zero-order chi connectivity index (χ0) is 11.1. The fraction of sp³-hybridized carbons (Fsp3) is 0.500. The van der Waals surface area contributed by atoms with E-state index in [1.165, 1.54) is 17.7 Å². The van der Waals surface area contributed by atoms with Crippen molar-refractivity contribution in [1.82, 2.24) is 4.90 Å².